The van der Waals surface area contributed by atoms with Gasteiger partial charge in [-0.2, -0.15) is 0 Å². The van der Waals surface area contributed by atoms with Crippen molar-refractivity contribution in [3.8, 4) is 0 Å². The van der Waals surface area contributed by atoms with Gasteiger partial charge in [-0.25, -0.2) is 4.57 Å². The Kier molecular flexibility index (Phi) is 3.82. The molecule has 0 amide bonds. The van der Waals surface area contributed by atoms with E-state index in [1.807, 2.05) is 0 Å². The van der Waals surface area contributed by atoms with E-state index in [0.29, 0.717) is 13.2 Å². The molecule has 1 aliphatic heterocycles. The average molecular weight is 227 g/mol. The van der Waals surface area contributed by atoms with Crippen LogP contribution < -0.4 is 0 Å². The molecule has 1 saturated heterocycles. The van der Waals surface area contributed by atoms with E-state index in [0.717, 1.165) is 19.3 Å². The Morgan fingerprint density at radius 1 is 1.31 bits per heavy atom. The minimum Gasteiger partial charge on any atom is -0.297 e. The van der Waals surface area contributed by atoms with Gasteiger partial charge < -0.3 is 0 Å². The summed E-state index contributed by atoms with van der Waals surface area (Å²) < 4.78 is 21.4. The molecule has 0 saturated carbocycles. The first-order chi connectivity index (χ1) is 5.91. The van der Waals surface area contributed by atoms with Crippen LogP contribution in [0.1, 0.15) is 33.1 Å². The molecule has 0 spiro atoms. The van der Waals surface area contributed by atoms with Gasteiger partial charge in [0.15, 0.2) is 0 Å². The fraction of sp³-hybridized carbons (Fsp3) is 1.00. The third-order valence-electron chi connectivity index (χ3n) is 2.10. The molecule has 78 valence electrons. The van der Waals surface area contributed by atoms with E-state index in [9.17, 15) is 4.57 Å². The van der Waals surface area contributed by atoms with Crippen LogP contribution in [0.5, 0.6) is 0 Å². The molecule has 13 heavy (non-hydrogen) atoms. The molecule has 0 N–H and O–H groups in total. The van der Waals surface area contributed by atoms with Gasteiger partial charge in [-0.3, -0.25) is 9.05 Å². The largest absolute Gasteiger partial charge is 0.424 e. The van der Waals surface area contributed by atoms with E-state index in [2.05, 4.69) is 13.8 Å². The van der Waals surface area contributed by atoms with Gasteiger partial charge in [0.25, 0.3) is 0 Å². The molecule has 0 aromatic heterocycles. The third kappa shape index (κ3) is 4.46. The highest BCUT2D eigenvalue weighted by Crippen LogP contribution is 2.55. The van der Waals surface area contributed by atoms with Crippen molar-refractivity contribution < 1.29 is 13.6 Å². The molecule has 1 heterocycles. The van der Waals surface area contributed by atoms with E-state index >= 15 is 0 Å². The lowest BCUT2D eigenvalue weighted by Gasteiger charge is -2.23. The van der Waals surface area contributed by atoms with Crippen LogP contribution in [0.15, 0.2) is 0 Å². The highest BCUT2D eigenvalue weighted by atomic mass is 35.7. The second-order valence-electron chi connectivity index (χ2n) is 4.16. The zero-order chi connectivity index (χ0) is 9.95. The Morgan fingerprint density at radius 3 is 2.69 bits per heavy atom. The van der Waals surface area contributed by atoms with Gasteiger partial charge >= 0.3 is 6.95 Å². The van der Waals surface area contributed by atoms with Crippen LogP contribution in [0, 0.1) is 5.41 Å². The standard InChI is InChI=1S/C8H16ClO3P/c1-8(2)5-3-4-6-11-13(9,10)12-7-8/h3-7H2,1-2H3. The first kappa shape index (κ1) is 11.5. The molecule has 3 nitrogen and oxygen atoms in total. The minimum atomic E-state index is -3.29. The molecule has 1 atom stereocenters. The third-order valence-corrected chi connectivity index (χ3v) is 3.62. The van der Waals surface area contributed by atoms with Crippen LogP contribution in [0.4, 0.5) is 0 Å². The summed E-state index contributed by atoms with van der Waals surface area (Å²) in [5, 5.41) is 0. The van der Waals surface area contributed by atoms with Crippen LogP contribution in [0.25, 0.3) is 0 Å². The van der Waals surface area contributed by atoms with E-state index in [-0.39, 0.29) is 5.41 Å². The fourth-order valence-corrected chi connectivity index (χ4v) is 2.52. The number of hydrogen-bond donors (Lipinski definition) is 0. The fourth-order valence-electron chi connectivity index (χ4n) is 1.24. The summed E-state index contributed by atoms with van der Waals surface area (Å²) in [5.41, 5.74) is 0.0399. The zero-order valence-corrected chi connectivity index (χ0v) is 9.74. The number of hydrogen-bond acceptors (Lipinski definition) is 3. The smallest absolute Gasteiger partial charge is 0.297 e. The Bertz CT molecular complexity index is 217. The maximum absolute atomic E-state index is 11.4. The van der Waals surface area contributed by atoms with Crippen molar-refractivity contribution in [2.24, 2.45) is 5.41 Å². The summed E-state index contributed by atoms with van der Waals surface area (Å²) in [7, 11) is 0. The molecule has 0 aromatic rings. The lowest BCUT2D eigenvalue weighted by Crippen LogP contribution is -2.17. The molecule has 0 radical (unpaired) electrons. The highest BCUT2D eigenvalue weighted by Gasteiger charge is 2.28. The van der Waals surface area contributed by atoms with Gasteiger partial charge in [-0.15, -0.1) is 0 Å². The van der Waals surface area contributed by atoms with Crippen LogP contribution in [-0.2, 0) is 13.6 Å². The van der Waals surface area contributed by atoms with Gasteiger partial charge in [-0.05, 0) is 18.3 Å². The van der Waals surface area contributed by atoms with Gasteiger partial charge in [0.2, 0.25) is 0 Å². The van der Waals surface area contributed by atoms with Crippen molar-refractivity contribution >= 4 is 18.2 Å². The van der Waals surface area contributed by atoms with E-state index in [4.69, 9.17) is 20.3 Å². The van der Waals surface area contributed by atoms with Crippen molar-refractivity contribution in [1.82, 2.24) is 0 Å². The second kappa shape index (κ2) is 4.31. The molecule has 0 bridgehead atoms. The first-order valence-electron chi connectivity index (χ1n) is 4.50. The summed E-state index contributed by atoms with van der Waals surface area (Å²) in [5.74, 6) is 0. The van der Waals surface area contributed by atoms with Crippen LogP contribution >= 0.6 is 18.2 Å². The summed E-state index contributed by atoms with van der Waals surface area (Å²) >= 11 is 5.56. The summed E-state index contributed by atoms with van der Waals surface area (Å²) in [6.45, 7) is 1.69. The molecule has 1 fully saturated rings. The van der Waals surface area contributed by atoms with Gasteiger partial charge in [-0.1, -0.05) is 20.3 Å². The minimum absolute atomic E-state index is 0.0399. The maximum atomic E-state index is 11.4. The lowest BCUT2D eigenvalue weighted by atomic mass is 9.88. The Balaban J connectivity index is 2.58. The van der Waals surface area contributed by atoms with Crippen molar-refractivity contribution in [2.45, 2.75) is 33.1 Å². The Morgan fingerprint density at radius 2 is 2.00 bits per heavy atom. The average Bonchev–Trinajstić information content (AvgIpc) is 2.04. The van der Waals surface area contributed by atoms with E-state index in [1.165, 1.54) is 0 Å². The van der Waals surface area contributed by atoms with Crippen LogP contribution in [-0.4, -0.2) is 13.2 Å². The lowest BCUT2D eigenvalue weighted by molar-refractivity contribution is 0.155. The second-order valence-corrected chi connectivity index (χ2v) is 6.78. The monoisotopic (exact) mass is 226 g/mol. The molecule has 5 heteroatoms. The molecular formula is C8H16ClO3P. The van der Waals surface area contributed by atoms with Crippen LogP contribution in [0.2, 0.25) is 0 Å². The van der Waals surface area contributed by atoms with E-state index in [1.54, 1.807) is 0 Å². The summed E-state index contributed by atoms with van der Waals surface area (Å²) in [6.07, 6.45) is 3.00. The normalized spacial score (nSPS) is 35.9. The zero-order valence-electron chi connectivity index (χ0n) is 8.09. The molecule has 0 aliphatic carbocycles. The summed E-state index contributed by atoms with van der Waals surface area (Å²) in [4.78, 5) is 0. The van der Waals surface area contributed by atoms with Crippen LogP contribution in [0.3, 0.4) is 0 Å². The number of rotatable bonds is 0. The van der Waals surface area contributed by atoms with Gasteiger partial charge in [0.05, 0.1) is 13.2 Å². The molecule has 0 aromatic carbocycles. The Hall–Kier alpha value is 0.440. The molecule has 1 unspecified atom stereocenters. The SMILES string of the molecule is CC1(C)CCCCOP(=O)(Cl)OC1. The van der Waals surface area contributed by atoms with Crippen molar-refractivity contribution in [3.63, 3.8) is 0 Å². The molecule has 1 rings (SSSR count). The van der Waals surface area contributed by atoms with Crippen molar-refractivity contribution in [3.05, 3.63) is 0 Å². The predicted molar refractivity (Wildman–Crippen MR) is 53.0 cm³/mol. The predicted octanol–water partition coefficient (Wildman–Crippen LogP) is 3.58. The first-order valence-corrected chi connectivity index (χ1v) is 6.95. The van der Waals surface area contributed by atoms with E-state index < -0.39 is 6.95 Å². The topological polar surface area (TPSA) is 35.5 Å². The maximum Gasteiger partial charge on any atom is 0.424 e. The van der Waals surface area contributed by atoms with Gasteiger partial charge in [0, 0.05) is 11.2 Å². The highest BCUT2D eigenvalue weighted by molar-refractivity contribution is 7.81. The summed E-state index contributed by atoms with van der Waals surface area (Å²) in [6, 6.07) is 0. The Labute approximate surface area is 84.1 Å². The quantitative estimate of drug-likeness (QED) is 0.593. The number of halogens is 1. The molecule has 1 aliphatic rings. The van der Waals surface area contributed by atoms with Gasteiger partial charge in [0.1, 0.15) is 0 Å². The van der Waals surface area contributed by atoms with Crippen molar-refractivity contribution in [2.75, 3.05) is 13.2 Å². The van der Waals surface area contributed by atoms with Crippen molar-refractivity contribution in [1.29, 1.82) is 0 Å². The molecular weight excluding hydrogens is 211 g/mol.